The Kier molecular flexibility index (Phi) is 8.56. The van der Waals surface area contributed by atoms with Crippen molar-refractivity contribution in [2.24, 2.45) is 13.0 Å². The Morgan fingerprint density at radius 3 is 2.38 bits per heavy atom. The fourth-order valence-corrected chi connectivity index (χ4v) is 6.81. The standard InChI is InChI=1S/C36H48N4/c1-8-9-29-21-25(3)35(38-31-16-18-39(6)19-17-31)22-33(29)26(4)28-11-13-30(14-12-28)37-27(5)34-23-40(7)36-20-24(2)10-15-32(34)36/h8-10,15,20-23,28,30-31,37-38H,1,5,11-14,16-19H2,2-4,6-7H3/b29-9-,33-26+. The van der Waals surface area contributed by atoms with E-state index in [9.17, 15) is 0 Å². The van der Waals surface area contributed by atoms with E-state index < -0.39 is 0 Å². The summed E-state index contributed by atoms with van der Waals surface area (Å²) in [6.45, 7) is 17.5. The number of nitrogens with zero attached hydrogens (tertiary/aromatic N) is 2. The third-order valence-electron chi connectivity index (χ3n) is 9.39. The second kappa shape index (κ2) is 12.1. The first-order chi connectivity index (χ1) is 19.2. The van der Waals surface area contributed by atoms with Crippen LogP contribution in [0.25, 0.3) is 28.2 Å². The number of rotatable bonds is 7. The summed E-state index contributed by atoms with van der Waals surface area (Å²) >= 11 is 0. The highest BCUT2D eigenvalue weighted by atomic mass is 15.1. The molecule has 1 saturated carbocycles. The molecule has 1 aromatic heterocycles. The smallest absolute Gasteiger partial charge is 0.0487 e. The lowest BCUT2D eigenvalue weighted by Gasteiger charge is -2.31. The average Bonchev–Trinajstić information content (AvgIpc) is 3.27. The Hall–Kier alpha value is -3.24. The molecular weight excluding hydrogens is 488 g/mol. The van der Waals surface area contributed by atoms with Crippen LogP contribution in [0.2, 0.25) is 0 Å². The fraction of sp³-hybridized carbons (Fsp3) is 0.444. The van der Waals surface area contributed by atoms with Crippen LogP contribution in [0.5, 0.6) is 0 Å². The first-order valence-corrected chi connectivity index (χ1v) is 15.1. The molecule has 4 heteroatoms. The molecule has 0 atom stereocenters. The van der Waals surface area contributed by atoms with Crippen LogP contribution in [0, 0.1) is 19.8 Å². The molecule has 0 radical (unpaired) electrons. The van der Waals surface area contributed by atoms with Gasteiger partial charge in [0.25, 0.3) is 0 Å². The number of nitrogens with one attached hydrogen (secondary N) is 2. The molecule has 212 valence electrons. The normalized spacial score (nSPS) is 21.9. The zero-order valence-corrected chi connectivity index (χ0v) is 25.3. The van der Waals surface area contributed by atoms with Crippen molar-refractivity contribution in [3.63, 3.8) is 0 Å². The zero-order chi connectivity index (χ0) is 28.4. The van der Waals surface area contributed by atoms with Crippen molar-refractivity contribution in [1.82, 2.24) is 14.8 Å². The second-order valence-corrected chi connectivity index (χ2v) is 12.4. The molecule has 0 unspecified atom stereocenters. The molecule has 40 heavy (non-hydrogen) atoms. The lowest BCUT2D eigenvalue weighted by molar-refractivity contribution is 0.264. The van der Waals surface area contributed by atoms with Gasteiger partial charge in [0, 0.05) is 53.2 Å². The van der Waals surface area contributed by atoms with Gasteiger partial charge in [-0.25, -0.2) is 0 Å². The fourth-order valence-electron chi connectivity index (χ4n) is 6.81. The van der Waals surface area contributed by atoms with Gasteiger partial charge in [0.1, 0.15) is 0 Å². The van der Waals surface area contributed by atoms with E-state index in [2.05, 4.69) is 111 Å². The third-order valence-corrected chi connectivity index (χ3v) is 9.39. The molecule has 2 fully saturated rings. The van der Waals surface area contributed by atoms with Gasteiger partial charge < -0.3 is 20.1 Å². The molecule has 2 aromatic carbocycles. The number of aryl methyl sites for hydroxylation is 3. The number of likely N-dealkylation sites (tertiary alicyclic amines) is 1. The summed E-state index contributed by atoms with van der Waals surface area (Å²) in [5.41, 5.74) is 8.94. The van der Waals surface area contributed by atoms with Gasteiger partial charge in [-0.1, -0.05) is 43.0 Å². The zero-order valence-electron chi connectivity index (χ0n) is 25.3. The maximum absolute atomic E-state index is 4.46. The van der Waals surface area contributed by atoms with Crippen molar-refractivity contribution < 1.29 is 0 Å². The van der Waals surface area contributed by atoms with E-state index in [1.165, 1.54) is 88.1 Å². The number of fused-ring (bicyclic) bond motifs is 1. The maximum atomic E-state index is 4.46. The van der Waals surface area contributed by atoms with Crippen LogP contribution in [0.1, 0.15) is 62.1 Å². The molecule has 5 rings (SSSR count). The highest BCUT2D eigenvalue weighted by molar-refractivity contribution is 5.92. The van der Waals surface area contributed by atoms with Crippen LogP contribution in [0.4, 0.5) is 5.69 Å². The molecule has 0 spiro atoms. The van der Waals surface area contributed by atoms with E-state index in [1.54, 1.807) is 0 Å². The first-order valence-electron chi connectivity index (χ1n) is 15.1. The average molecular weight is 537 g/mol. The van der Waals surface area contributed by atoms with Crippen molar-refractivity contribution >= 4 is 33.9 Å². The van der Waals surface area contributed by atoms with Crippen LogP contribution in [0.3, 0.4) is 0 Å². The Morgan fingerprint density at radius 2 is 1.68 bits per heavy atom. The summed E-state index contributed by atoms with van der Waals surface area (Å²) in [6, 6.07) is 12.5. The number of aromatic nitrogens is 1. The quantitative estimate of drug-likeness (QED) is 0.374. The second-order valence-electron chi connectivity index (χ2n) is 12.4. The van der Waals surface area contributed by atoms with E-state index in [0.717, 1.165) is 18.5 Å². The highest BCUT2D eigenvalue weighted by Gasteiger charge is 2.24. The van der Waals surface area contributed by atoms with Gasteiger partial charge >= 0.3 is 0 Å². The summed E-state index contributed by atoms with van der Waals surface area (Å²) in [4.78, 5) is 2.43. The van der Waals surface area contributed by atoms with Gasteiger partial charge in [0.15, 0.2) is 0 Å². The summed E-state index contributed by atoms with van der Waals surface area (Å²) in [6.07, 6.45) is 13.5. The third kappa shape index (κ3) is 6.07. The molecular formula is C36H48N4. The largest absolute Gasteiger partial charge is 0.382 e. The predicted octanol–water partition coefficient (Wildman–Crippen LogP) is 6.26. The van der Waals surface area contributed by atoms with Gasteiger partial charge in [-0.3, -0.25) is 0 Å². The Balaban J connectivity index is 1.31. The van der Waals surface area contributed by atoms with E-state index in [0.29, 0.717) is 18.0 Å². The maximum Gasteiger partial charge on any atom is 0.0487 e. The molecule has 1 aliphatic heterocycles. The molecule has 0 amide bonds. The van der Waals surface area contributed by atoms with E-state index in [-0.39, 0.29) is 0 Å². The minimum atomic E-state index is 0.469. The Morgan fingerprint density at radius 1 is 0.950 bits per heavy atom. The summed E-state index contributed by atoms with van der Waals surface area (Å²) in [7, 11) is 4.35. The van der Waals surface area contributed by atoms with Crippen molar-refractivity contribution in [2.45, 2.75) is 71.4 Å². The predicted molar refractivity (Wildman–Crippen MR) is 174 cm³/mol. The van der Waals surface area contributed by atoms with Crippen LogP contribution in [-0.2, 0) is 7.05 Å². The molecule has 2 aliphatic rings. The molecule has 3 aromatic rings. The topological polar surface area (TPSA) is 32.2 Å². The molecule has 2 heterocycles. The van der Waals surface area contributed by atoms with Crippen molar-refractivity contribution in [1.29, 1.82) is 0 Å². The Labute approximate surface area is 241 Å². The minimum Gasteiger partial charge on any atom is -0.382 e. The summed E-state index contributed by atoms with van der Waals surface area (Å²) in [5, 5.41) is 11.6. The molecule has 4 nitrogen and oxygen atoms in total. The lowest BCUT2D eigenvalue weighted by Crippen LogP contribution is -2.38. The van der Waals surface area contributed by atoms with Crippen LogP contribution in [-0.4, -0.2) is 41.7 Å². The van der Waals surface area contributed by atoms with Crippen LogP contribution < -0.4 is 21.1 Å². The van der Waals surface area contributed by atoms with Crippen molar-refractivity contribution in [2.75, 3.05) is 25.5 Å². The number of benzene rings is 2. The molecule has 0 bridgehead atoms. The summed E-state index contributed by atoms with van der Waals surface area (Å²) < 4.78 is 2.22. The molecule has 1 saturated heterocycles. The van der Waals surface area contributed by atoms with E-state index in [1.807, 2.05) is 6.08 Å². The van der Waals surface area contributed by atoms with Crippen molar-refractivity contribution in [3.05, 3.63) is 82.9 Å². The monoisotopic (exact) mass is 536 g/mol. The first kappa shape index (κ1) is 28.3. The minimum absolute atomic E-state index is 0.469. The number of anilines is 1. The van der Waals surface area contributed by atoms with Gasteiger partial charge in [0.2, 0.25) is 0 Å². The van der Waals surface area contributed by atoms with Gasteiger partial charge in [-0.05, 0) is 125 Å². The summed E-state index contributed by atoms with van der Waals surface area (Å²) in [5.74, 6) is 0.600. The highest BCUT2D eigenvalue weighted by Crippen LogP contribution is 2.32. The number of hydrogen-bond donors (Lipinski definition) is 2. The molecule has 2 N–H and O–H groups in total. The Bertz CT molecular complexity index is 1510. The SMILES string of the molecule is C=C/C=c1/cc(C)c(NC2CCN(C)CC2)c/c1=C(/C)C1CCC(NC(=C)c2cn(C)c3cc(C)ccc23)CC1. The van der Waals surface area contributed by atoms with Crippen LogP contribution in [0.15, 0.2) is 55.8 Å². The van der Waals surface area contributed by atoms with Gasteiger partial charge in [0.05, 0.1) is 0 Å². The molecule has 1 aliphatic carbocycles. The number of allylic oxidation sites excluding steroid dienone is 1. The van der Waals surface area contributed by atoms with Crippen LogP contribution >= 0.6 is 0 Å². The van der Waals surface area contributed by atoms with E-state index in [4.69, 9.17) is 0 Å². The number of piperidine rings is 1. The van der Waals surface area contributed by atoms with Gasteiger partial charge in [-0.2, -0.15) is 0 Å². The van der Waals surface area contributed by atoms with Crippen molar-refractivity contribution in [3.8, 4) is 0 Å². The van der Waals surface area contributed by atoms with E-state index >= 15 is 0 Å². The van der Waals surface area contributed by atoms with Gasteiger partial charge in [-0.15, -0.1) is 0 Å². The number of hydrogen-bond acceptors (Lipinski definition) is 3. The lowest BCUT2D eigenvalue weighted by atomic mass is 9.80.